The third-order valence-corrected chi connectivity index (χ3v) is 4.44. The molecule has 1 aromatic carbocycles. The molecule has 0 spiro atoms. The monoisotopic (exact) mass is 343 g/mol. The van der Waals surface area contributed by atoms with Crippen LogP contribution in [0, 0.1) is 0 Å². The van der Waals surface area contributed by atoms with E-state index >= 15 is 0 Å². The molecule has 7 heteroatoms. The summed E-state index contributed by atoms with van der Waals surface area (Å²) >= 11 is 0. The lowest BCUT2D eigenvalue weighted by Gasteiger charge is -2.15. The number of rotatable bonds is 6. The summed E-state index contributed by atoms with van der Waals surface area (Å²) in [6.07, 6.45) is 4.83. The SMILES string of the molecule is CCCNC(=O)NCCn1cnc2cc(C(=O)N3CCCC3)ccc21. The van der Waals surface area contributed by atoms with Gasteiger partial charge in [0.2, 0.25) is 0 Å². The van der Waals surface area contributed by atoms with Crippen molar-refractivity contribution in [3.63, 3.8) is 0 Å². The number of carbonyl (C=O) groups is 2. The zero-order valence-electron chi connectivity index (χ0n) is 14.6. The molecule has 1 aliphatic rings. The smallest absolute Gasteiger partial charge is 0.314 e. The van der Waals surface area contributed by atoms with E-state index in [0.29, 0.717) is 25.2 Å². The van der Waals surface area contributed by atoms with Crippen molar-refractivity contribution in [2.24, 2.45) is 0 Å². The fraction of sp³-hybridized carbons (Fsp3) is 0.500. The molecule has 0 radical (unpaired) electrons. The highest BCUT2D eigenvalue weighted by Crippen LogP contribution is 2.18. The zero-order chi connectivity index (χ0) is 17.6. The molecule has 1 aliphatic heterocycles. The van der Waals surface area contributed by atoms with Crippen molar-refractivity contribution in [2.75, 3.05) is 26.2 Å². The summed E-state index contributed by atoms with van der Waals surface area (Å²) < 4.78 is 1.99. The van der Waals surface area contributed by atoms with Gasteiger partial charge >= 0.3 is 6.03 Å². The molecule has 1 fully saturated rings. The minimum atomic E-state index is -0.148. The van der Waals surface area contributed by atoms with Crippen LogP contribution in [-0.4, -0.2) is 52.6 Å². The molecular formula is C18H25N5O2. The number of carbonyl (C=O) groups excluding carboxylic acids is 2. The number of urea groups is 1. The average Bonchev–Trinajstić information content (AvgIpc) is 3.29. The fourth-order valence-corrected chi connectivity index (χ4v) is 3.07. The molecule has 1 saturated heterocycles. The van der Waals surface area contributed by atoms with E-state index in [4.69, 9.17) is 0 Å². The van der Waals surface area contributed by atoms with E-state index in [9.17, 15) is 9.59 Å². The predicted octanol–water partition coefficient (Wildman–Crippen LogP) is 1.98. The largest absolute Gasteiger partial charge is 0.339 e. The molecule has 0 unspecified atom stereocenters. The third kappa shape index (κ3) is 4.10. The summed E-state index contributed by atoms with van der Waals surface area (Å²) in [4.78, 5) is 30.3. The van der Waals surface area contributed by atoms with Gasteiger partial charge in [-0.2, -0.15) is 0 Å². The molecule has 134 valence electrons. The van der Waals surface area contributed by atoms with Crippen LogP contribution in [0.2, 0.25) is 0 Å². The molecule has 2 aromatic rings. The van der Waals surface area contributed by atoms with Crippen molar-refractivity contribution < 1.29 is 9.59 Å². The van der Waals surface area contributed by atoms with Gasteiger partial charge < -0.3 is 20.1 Å². The molecule has 0 saturated carbocycles. The maximum absolute atomic E-state index is 12.5. The lowest BCUT2D eigenvalue weighted by atomic mass is 10.1. The van der Waals surface area contributed by atoms with Crippen LogP contribution in [0.1, 0.15) is 36.5 Å². The second-order valence-electron chi connectivity index (χ2n) is 6.32. The van der Waals surface area contributed by atoms with Gasteiger partial charge in [0.15, 0.2) is 0 Å². The van der Waals surface area contributed by atoms with Gasteiger partial charge in [0.05, 0.1) is 17.4 Å². The van der Waals surface area contributed by atoms with Crippen LogP contribution in [0.5, 0.6) is 0 Å². The number of nitrogens with zero attached hydrogens (tertiary/aromatic N) is 3. The van der Waals surface area contributed by atoms with Crippen LogP contribution in [0.15, 0.2) is 24.5 Å². The van der Waals surface area contributed by atoms with Crippen molar-refractivity contribution in [3.05, 3.63) is 30.1 Å². The standard InChI is InChI=1S/C18H25N5O2/c1-2-7-19-18(25)20-8-11-23-13-21-15-12-14(5-6-16(15)23)17(24)22-9-3-4-10-22/h5-6,12-13H,2-4,7-11H2,1H3,(H2,19,20,25). The third-order valence-electron chi connectivity index (χ3n) is 4.44. The summed E-state index contributed by atoms with van der Waals surface area (Å²) in [5, 5.41) is 5.61. The molecule has 0 bridgehead atoms. The Morgan fingerprint density at radius 1 is 1.16 bits per heavy atom. The zero-order valence-corrected chi connectivity index (χ0v) is 14.6. The van der Waals surface area contributed by atoms with E-state index in [1.54, 1.807) is 6.33 Å². The summed E-state index contributed by atoms with van der Waals surface area (Å²) in [7, 11) is 0. The molecular weight excluding hydrogens is 318 g/mol. The normalized spacial score (nSPS) is 14.0. The number of imidazole rings is 1. The van der Waals surface area contributed by atoms with E-state index in [-0.39, 0.29) is 11.9 Å². The van der Waals surface area contributed by atoms with Crippen LogP contribution in [0.3, 0.4) is 0 Å². The molecule has 2 N–H and O–H groups in total. The number of amides is 3. The Balaban J connectivity index is 1.62. The molecule has 3 rings (SSSR count). The molecule has 2 heterocycles. The fourth-order valence-electron chi connectivity index (χ4n) is 3.07. The van der Waals surface area contributed by atoms with Crippen molar-refractivity contribution in [2.45, 2.75) is 32.7 Å². The second kappa shape index (κ2) is 8.00. The minimum Gasteiger partial charge on any atom is -0.339 e. The highest BCUT2D eigenvalue weighted by molar-refractivity contribution is 5.97. The van der Waals surface area contributed by atoms with Gasteiger partial charge in [-0.3, -0.25) is 4.79 Å². The Hall–Kier alpha value is -2.57. The van der Waals surface area contributed by atoms with Crippen LogP contribution < -0.4 is 10.6 Å². The Morgan fingerprint density at radius 3 is 2.68 bits per heavy atom. The molecule has 25 heavy (non-hydrogen) atoms. The van der Waals surface area contributed by atoms with Gasteiger partial charge in [-0.15, -0.1) is 0 Å². The average molecular weight is 343 g/mol. The molecule has 1 aromatic heterocycles. The summed E-state index contributed by atoms with van der Waals surface area (Å²) in [5.74, 6) is 0.0863. The van der Waals surface area contributed by atoms with E-state index in [0.717, 1.165) is 43.4 Å². The van der Waals surface area contributed by atoms with Crippen molar-refractivity contribution in [1.82, 2.24) is 25.1 Å². The Kier molecular flexibility index (Phi) is 5.53. The van der Waals surface area contributed by atoms with E-state index in [2.05, 4.69) is 15.6 Å². The molecule has 3 amide bonds. The van der Waals surface area contributed by atoms with Crippen molar-refractivity contribution in [1.29, 1.82) is 0 Å². The highest BCUT2D eigenvalue weighted by Gasteiger charge is 2.20. The van der Waals surface area contributed by atoms with Crippen LogP contribution in [0.4, 0.5) is 4.79 Å². The maximum Gasteiger partial charge on any atom is 0.314 e. The van der Waals surface area contributed by atoms with Gasteiger partial charge in [0, 0.05) is 38.3 Å². The van der Waals surface area contributed by atoms with Crippen molar-refractivity contribution in [3.8, 4) is 0 Å². The maximum atomic E-state index is 12.5. The van der Waals surface area contributed by atoms with Gasteiger partial charge in [0.1, 0.15) is 0 Å². The molecule has 0 aliphatic carbocycles. The second-order valence-corrected chi connectivity index (χ2v) is 6.32. The summed E-state index contributed by atoms with van der Waals surface area (Å²) in [5.41, 5.74) is 2.46. The molecule has 7 nitrogen and oxygen atoms in total. The van der Waals surface area contributed by atoms with E-state index in [1.165, 1.54) is 0 Å². The van der Waals surface area contributed by atoms with Crippen LogP contribution in [0.25, 0.3) is 11.0 Å². The lowest BCUT2D eigenvalue weighted by molar-refractivity contribution is 0.0793. The van der Waals surface area contributed by atoms with Gasteiger partial charge in [-0.25, -0.2) is 9.78 Å². The summed E-state index contributed by atoms with van der Waals surface area (Å²) in [6.45, 7) is 5.54. The van der Waals surface area contributed by atoms with Crippen LogP contribution >= 0.6 is 0 Å². The number of fused-ring (bicyclic) bond motifs is 1. The van der Waals surface area contributed by atoms with Crippen LogP contribution in [-0.2, 0) is 6.54 Å². The van der Waals surface area contributed by atoms with E-state index < -0.39 is 0 Å². The summed E-state index contributed by atoms with van der Waals surface area (Å²) in [6, 6.07) is 5.50. The topological polar surface area (TPSA) is 79.3 Å². The number of benzene rings is 1. The van der Waals surface area contributed by atoms with Gasteiger partial charge in [-0.1, -0.05) is 6.92 Å². The quantitative estimate of drug-likeness (QED) is 0.842. The Bertz CT molecular complexity index is 749. The number of likely N-dealkylation sites (tertiary alicyclic amines) is 1. The number of hydrogen-bond acceptors (Lipinski definition) is 3. The number of hydrogen-bond donors (Lipinski definition) is 2. The van der Waals surface area contributed by atoms with Gasteiger partial charge in [0.25, 0.3) is 5.91 Å². The first kappa shape index (κ1) is 17.3. The number of nitrogens with one attached hydrogen (secondary N) is 2. The first-order valence-corrected chi connectivity index (χ1v) is 8.95. The van der Waals surface area contributed by atoms with Gasteiger partial charge in [-0.05, 0) is 37.5 Å². The Labute approximate surface area is 147 Å². The number of aromatic nitrogens is 2. The first-order chi connectivity index (χ1) is 12.2. The Morgan fingerprint density at radius 2 is 1.92 bits per heavy atom. The highest BCUT2D eigenvalue weighted by atomic mass is 16.2. The first-order valence-electron chi connectivity index (χ1n) is 8.95. The minimum absolute atomic E-state index is 0.0863. The molecule has 0 atom stereocenters. The lowest BCUT2D eigenvalue weighted by Crippen LogP contribution is -2.37. The predicted molar refractivity (Wildman–Crippen MR) is 96.6 cm³/mol. The van der Waals surface area contributed by atoms with Crippen molar-refractivity contribution >= 4 is 23.0 Å². The van der Waals surface area contributed by atoms with E-state index in [1.807, 2.05) is 34.6 Å².